The third-order valence-electron chi connectivity index (χ3n) is 2.59. The predicted molar refractivity (Wildman–Crippen MR) is 63.2 cm³/mol. The second kappa shape index (κ2) is 3.69. The molecule has 0 aliphatic rings. The van der Waals surface area contributed by atoms with Gasteiger partial charge in [0.1, 0.15) is 11.8 Å². The molecule has 3 nitrogen and oxygen atoms in total. The van der Waals surface area contributed by atoms with Crippen molar-refractivity contribution >= 4 is 26.8 Å². The summed E-state index contributed by atoms with van der Waals surface area (Å²) in [6.45, 7) is 0.378. The van der Waals surface area contributed by atoms with Crippen LogP contribution in [0.25, 0.3) is 10.9 Å². The van der Waals surface area contributed by atoms with Crippen LogP contribution in [0, 0.1) is 11.3 Å². The lowest BCUT2D eigenvalue weighted by molar-refractivity contribution is 0.925. The Morgan fingerprint density at radius 1 is 1.53 bits per heavy atom. The Kier molecular flexibility index (Phi) is 2.51. The summed E-state index contributed by atoms with van der Waals surface area (Å²) in [6.07, 6.45) is 0. The Morgan fingerprint density at radius 2 is 2.27 bits per heavy atom. The van der Waals surface area contributed by atoms with Gasteiger partial charge in [-0.15, -0.1) is 0 Å². The van der Waals surface area contributed by atoms with Crippen LogP contribution in [0.1, 0.15) is 11.3 Å². The van der Waals surface area contributed by atoms with E-state index in [2.05, 4.69) is 22.0 Å². The van der Waals surface area contributed by atoms with Crippen molar-refractivity contribution < 1.29 is 0 Å². The number of aromatic nitrogens is 1. The van der Waals surface area contributed by atoms with Gasteiger partial charge < -0.3 is 10.3 Å². The fraction of sp³-hybridized carbons (Fsp3) is 0.182. The fourth-order valence-electron chi connectivity index (χ4n) is 1.87. The Balaban J connectivity index is 3.00. The zero-order valence-corrected chi connectivity index (χ0v) is 9.87. The van der Waals surface area contributed by atoms with Crippen LogP contribution in [0.4, 0.5) is 0 Å². The molecule has 4 heteroatoms. The molecule has 0 radical (unpaired) electrons. The van der Waals surface area contributed by atoms with Gasteiger partial charge in [0.05, 0.1) is 5.52 Å². The number of fused-ring (bicyclic) bond motifs is 1. The maximum absolute atomic E-state index is 9.08. The maximum atomic E-state index is 9.08. The van der Waals surface area contributed by atoms with Crippen molar-refractivity contribution in [3.8, 4) is 6.07 Å². The highest BCUT2D eigenvalue weighted by Crippen LogP contribution is 2.30. The van der Waals surface area contributed by atoms with E-state index in [0.717, 1.165) is 20.9 Å². The van der Waals surface area contributed by atoms with Crippen molar-refractivity contribution in [2.45, 2.75) is 6.54 Å². The molecule has 76 valence electrons. The van der Waals surface area contributed by atoms with Crippen LogP contribution in [-0.2, 0) is 13.6 Å². The van der Waals surface area contributed by atoms with Crippen molar-refractivity contribution in [2.75, 3.05) is 0 Å². The van der Waals surface area contributed by atoms with Crippen LogP contribution >= 0.6 is 15.9 Å². The standard InChI is InChI=1S/C11H10BrN3/c1-15-9-4-2-3-8(12)11(9)7(5-13)10(15)6-14/h2-4H,5,13H2,1H3. The van der Waals surface area contributed by atoms with Gasteiger partial charge in [-0.2, -0.15) is 5.26 Å². The van der Waals surface area contributed by atoms with Gasteiger partial charge in [0.2, 0.25) is 0 Å². The molecule has 0 saturated carbocycles. The number of halogens is 1. The SMILES string of the molecule is Cn1c(C#N)c(CN)c2c(Br)cccc21. The first-order valence-electron chi connectivity index (χ1n) is 4.56. The molecule has 0 unspecified atom stereocenters. The Morgan fingerprint density at radius 3 is 2.87 bits per heavy atom. The van der Waals surface area contributed by atoms with E-state index in [-0.39, 0.29) is 0 Å². The van der Waals surface area contributed by atoms with Crippen molar-refractivity contribution in [3.63, 3.8) is 0 Å². The average molecular weight is 264 g/mol. The highest BCUT2D eigenvalue weighted by Gasteiger charge is 2.15. The monoisotopic (exact) mass is 263 g/mol. The molecule has 15 heavy (non-hydrogen) atoms. The summed E-state index contributed by atoms with van der Waals surface area (Å²) >= 11 is 3.49. The van der Waals surface area contributed by atoms with Crippen molar-refractivity contribution in [1.82, 2.24) is 4.57 Å². The molecule has 0 fully saturated rings. The van der Waals surface area contributed by atoms with Crippen molar-refractivity contribution in [2.24, 2.45) is 12.8 Å². The molecule has 0 aliphatic carbocycles. The zero-order valence-electron chi connectivity index (χ0n) is 8.29. The van der Waals surface area contributed by atoms with Crippen LogP contribution < -0.4 is 5.73 Å². The number of hydrogen-bond acceptors (Lipinski definition) is 2. The number of benzene rings is 1. The molecule has 0 spiro atoms. The first kappa shape index (κ1) is 10.2. The van der Waals surface area contributed by atoms with Gasteiger partial charge in [-0.05, 0) is 12.1 Å². The lowest BCUT2D eigenvalue weighted by Crippen LogP contribution is -2.00. The number of hydrogen-bond donors (Lipinski definition) is 1. The summed E-state index contributed by atoms with van der Waals surface area (Å²) in [5.41, 5.74) is 8.26. The lowest BCUT2D eigenvalue weighted by Gasteiger charge is -1.97. The second-order valence-electron chi connectivity index (χ2n) is 3.34. The van der Waals surface area contributed by atoms with E-state index in [9.17, 15) is 0 Å². The zero-order chi connectivity index (χ0) is 11.0. The van der Waals surface area contributed by atoms with Gasteiger partial charge in [-0.25, -0.2) is 0 Å². The maximum Gasteiger partial charge on any atom is 0.125 e. The molecule has 2 N–H and O–H groups in total. The minimum Gasteiger partial charge on any atom is -0.335 e. The minimum atomic E-state index is 0.378. The molecule has 0 atom stereocenters. The van der Waals surface area contributed by atoms with E-state index in [0.29, 0.717) is 12.2 Å². The minimum absolute atomic E-state index is 0.378. The van der Waals surface area contributed by atoms with Gasteiger partial charge in [-0.1, -0.05) is 22.0 Å². The summed E-state index contributed by atoms with van der Waals surface area (Å²) in [5.74, 6) is 0. The third kappa shape index (κ3) is 1.36. The predicted octanol–water partition coefficient (Wildman–Crippen LogP) is 2.27. The molecule has 2 aromatic rings. The lowest BCUT2D eigenvalue weighted by atomic mass is 10.1. The molecule has 0 amide bonds. The third-order valence-corrected chi connectivity index (χ3v) is 3.25. The summed E-state index contributed by atoms with van der Waals surface area (Å²) in [4.78, 5) is 0. The number of nitriles is 1. The van der Waals surface area contributed by atoms with E-state index < -0.39 is 0 Å². The van der Waals surface area contributed by atoms with E-state index in [1.165, 1.54) is 0 Å². The Hall–Kier alpha value is -1.31. The second-order valence-corrected chi connectivity index (χ2v) is 4.19. The Bertz CT molecular complexity index is 563. The molecule has 1 heterocycles. The van der Waals surface area contributed by atoms with Gasteiger partial charge in [-0.3, -0.25) is 0 Å². The topological polar surface area (TPSA) is 54.7 Å². The molecule has 2 rings (SSSR count). The largest absolute Gasteiger partial charge is 0.335 e. The van der Waals surface area contributed by atoms with E-state index in [1.54, 1.807) is 0 Å². The first-order valence-corrected chi connectivity index (χ1v) is 5.36. The first-order chi connectivity index (χ1) is 7.20. The number of nitrogens with zero attached hydrogens (tertiary/aromatic N) is 2. The van der Waals surface area contributed by atoms with E-state index in [1.807, 2.05) is 29.8 Å². The average Bonchev–Trinajstić information content (AvgIpc) is 2.53. The number of rotatable bonds is 1. The highest BCUT2D eigenvalue weighted by atomic mass is 79.9. The summed E-state index contributed by atoms with van der Waals surface area (Å²) in [6, 6.07) is 8.09. The van der Waals surface area contributed by atoms with Gasteiger partial charge in [0.25, 0.3) is 0 Å². The highest BCUT2D eigenvalue weighted by molar-refractivity contribution is 9.10. The van der Waals surface area contributed by atoms with Crippen LogP contribution in [0.2, 0.25) is 0 Å². The number of aryl methyl sites for hydroxylation is 1. The quantitative estimate of drug-likeness (QED) is 0.858. The molecule has 1 aromatic heterocycles. The molecule has 0 saturated heterocycles. The van der Waals surface area contributed by atoms with Crippen LogP contribution in [0.5, 0.6) is 0 Å². The molecular formula is C11H10BrN3. The van der Waals surface area contributed by atoms with Gasteiger partial charge in [0, 0.05) is 29.0 Å². The van der Waals surface area contributed by atoms with Crippen LogP contribution in [-0.4, -0.2) is 4.57 Å². The van der Waals surface area contributed by atoms with E-state index in [4.69, 9.17) is 11.0 Å². The number of nitrogens with two attached hydrogens (primary N) is 1. The molecule has 0 bridgehead atoms. The Labute approximate surface area is 96.2 Å². The summed E-state index contributed by atoms with van der Waals surface area (Å²) in [5, 5.41) is 10.1. The summed E-state index contributed by atoms with van der Waals surface area (Å²) < 4.78 is 2.86. The molecule has 0 aliphatic heterocycles. The van der Waals surface area contributed by atoms with Crippen molar-refractivity contribution in [1.29, 1.82) is 5.26 Å². The molecule has 1 aromatic carbocycles. The van der Waals surface area contributed by atoms with E-state index >= 15 is 0 Å². The van der Waals surface area contributed by atoms with Crippen molar-refractivity contribution in [3.05, 3.63) is 33.9 Å². The summed E-state index contributed by atoms with van der Waals surface area (Å²) in [7, 11) is 1.88. The molecular weight excluding hydrogens is 254 g/mol. The van der Waals surface area contributed by atoms with Gasteiger partial charge >= 0.3 is 0 Å². The van der Waals surface area contributed by atoms with Crippen LogP contribution in [0.15, 0.2) is 22.7 Å². The van der Waals surface area contributed by atoms with Crippen LogP contribution in [0.3, 0.4) is 0 Å². The fourth-order valence-corrected chi connectivity index (χ4v) is 2.47. The normalized spacial score (nSPS) is 10.5. The van der Waals surface area contributed by atoms with Gasteiger partial charge in [0.15, 0.2) is 0 Å². The smallest absolute Gasteiger partial charge is 0.125 e.